The molecule has 0 spiro atoms. The lowest BCUT2D eigenvalue weighted by atomic mass is 9.82. The molecule has 0 aromatic heterocycles. The van der Waals surface area contributed by atoms with Crippen LogP contribution in [0, 0.1) is 0 Å². The predicted molar refractivity (Wildman–Crippen MR) is 129 cm³/mol. The average Bonchev–Trinajstić information content (AvgIpc) is 3.30. The highest BCUT2D eigenvalue weighted by Gasteiger charge is 2.44. The van der Waals surface area contributed by atoms with Crippen LogP contribution < -0.4 is 4.90 Å². The Morgan fingerprint density at radius 3 is 1.87 bits per heavy atom. The van der Waals surface area contributed by atoms with Gasteiger partial charge in [-0.2, -0.15) is 0 Å². The Balaban J connectivity index is 1.68. The zero-order valence-corrected chi connectivity index (χ0v) is 17.6. The first kappa shape index (κ1) is 19.6. The van der Waals surface area contributed by atoms with Crippen molar-refractivity contribution in [3.8, 4) is 22.3 Å². The van der Waals surface area contributed by atoms with Gasteiger partial charge in [0.25, 0.3) is 0 Å². The van der Waals surface area contributed by atoms with Crippen LogP contribution in [0.2, 0.25) is 0 Å². The number of nitrogens with zero attached hydrogens (tertiary/aromatic N) is 1. The summed E-state index contributed by atoms with van der Waals surface area (Å²) in [6, 6.07) is 38.2. The van der Waals surface area contributed by atoms with Crippen LogP contribution in [0.15, 0.2) is 109 Å². The van der Waals surface area contributed by atoms with E-state index in [4.69, 9.17) is 0 Å². The molecule has 0 amide bonds. The molecule has 2 heteroatoms. The van der Waals surface area contributed by atoms with E-state index >= 15 is 0 Å². The third-order valence-electron chi connectivity index (χ3n) is 6.54. The summed E-state index contributed by atoms with van der Waals surface area (Å²) >= 11 is 0. The molecule has 1 aliphatic heterocycles. The predicted octanol–water partition coefficient (Wildman–Crippen LogP) is 6.51. The lowest BCUT2D eigenvalue weighted by Crippen LogP contribution is -2.45. The van der Waals surface area contributed by atoms with Gasteiger partial charge >= 0.3 is 0 Å². The fraction of sp³-hybridized carbons (Fsp3) is 0.172. The number of hydrogen-bond donors (Lipinski definition) is 1. The summed E-state index contributed by atoms with van der Waals surface area (Å²) in [7, 11) is 0. The fourth-order valence-corrected chi connectivity index (χ4v) is 5.09. The van der Waals surface area contributed by atoms with Gasteiger partial charge in [-0.15, -0.1) is 0 Å². The van der Waals surface area contributed by atoms with Gasteiger partial charge in [0.1, 0.15) is 0 Å². The minimum absolute atomic E-state index is 0.0833. The van der Waals surface area contributed by atoms with E-state index in [0.717, 1.165) is 19.4 Å². The standard InChI is InChI=1S/C29H27NO/c31-22-29(27-18-9-7-16-25(27)23-12-3-1-4-13-23)20-11-21-30(29)28-19-10-8-17-26(28)24-14-5-2-6-15-24/h1-10,12-19,31H,11,20-22H2. The van der Waals surface area contributed by atoms with Gasteiger partial charge in [0, 0.05) is 17.8 Å². The third kappa shape index (κ3) is 3.43. The van der Waals surface area contributed by atoms with E-state index < -0.39 is 5.54 Å². The molecule has 0 saturated carbocycles. The van der Waals surface area contributed by atoms with Crippen LogP contribution in [0.25, 0.3) is 22.3 Å². The van der Waals surface area contributed by atoms with E-state index in [1.807, 2.05) is 6.07 Å². The fourth-order valence-electron chi connectivity index (χ4n) is 5.09. The summed E-state index contributed by atoms with van der Waals surface area (Å²) in [5.41, 5.74) is 6.73. The van der Waals surface area contributed by atoms with Crippen molar-refractivity contribution < 1.29 is 5.11 Å². The van der Waals surface area contributed by atoms with Gasteiger partial charge in [0.2, 0.25) is 0 Å². The van der Waals surface area contributed by atoms with Gasteiger partial charge in [-0.3, -0.25) is 0 Å². The molecule has 1 heterocycles. The van der Waals surface area contributed by atoms with Gasteiger partial charge in [-0.05, 0) is 41.2 Å². The summed E-state index contributed by atoms with van der Waals surface area (Å²) in [4.78, 5) is 2.44. The molecule has 31 heavy (non-hydrogen) atoms. The number of benzene rings is 4. The molecule has 2 nitrogen and oxygen atoms in total. The van der Waals surface area contributed by atoms with Crippen LogP contribution in [0.5, 0.6) is 0 Å². The molecule has 154 valence electrons. The second-order valence-corrected chi connectivity index (χ2v) is 8.24. The minimum Gasteiger partial charge on any atom is -0.394 e. The van der Waals surface area contributed by atoms with Crippen molar-refractivity contribution in [3.05, 3.63) is 115 Å². The summed E-state index contributed by atoms with van der Waals surface area (Å²) in [6.07, 6.45) is 1.98. The first-order valence-corrected chi connectivity index (χ1v) is 11.0. The van der Waals surface area contributed by atoms with E-state index in [2.05, 4.69) is 108 Å². The van der Waals surface area contributed by atoms with Crippen molar-refractivity contribution in [2.75, 3.05) is 18.1 Å². The largest absolute Gasteiger partial charge is 0.394 e. The summed E-state index contributed by atoms with van der Waals surface area (Å²) < 4.78 is 0. The first-order valence-electron chi connectivity index (χ1n) is 11.0. The summed E-state index contributed by atoms with van der Waals surface area (Å²) in [5.74, 6) is 0. The molecule has 1 fully saturated rings. The SMILES string of the molecule is OCC1(c2ccccc2-c2ccccc2)CCCN1c1ccccc1-c1ccccc1. The molecule has 5 rings (SSSR count). The molecule has 1 unspecified atom stereocenters. The number of aliphatic hydroxyl groups is 1. The van der Waals surface area contributed by atoms with Gasteiger partial charge < -0.3 is 10.0 Å². The van der Waals surface area contributed by atoms with Crippen LogP contribution in [0.4, 0.5) is 5.69 Å². The molecule has 1 saturated heterocycles. The normalized spacial score (nSPS) is 18.3. The van der Waals surface area contributed by atoms with Crippen molar-refractivity contribution in [3.63, 3.8) is 0 Å². The van der Waals surface area contributed by atoms with Crippen molar-refractivity contribution in [2.24, 2.45) is 0 Å². The molecule has 4 aromatic carbocycles. The van der Waals surface area contributed by atoms with Crippen LogP contribution in [-0.4, -0.2) is 18.3 Å². The van der Waals surface area contributed by atoms with Crippen molar-refractivity contribution in [2.45, 2.75) is 18.4 Å². The zero-order chi connectivity index (χ0) is 21.1. The first-order chi connectivity index (χ1) is 15.3. The van der Waals surface area contributed by atoms with E-state index in [0.29, 0.717) is 0 Å². The maximum absolute atomic E-state index is 10.9. The Morgan fingerprint density at radius 2 is 1.19 bits per heavy atom. The molecule has 4 aromatic rings. The van der Waals surface area contributed by atoms with E-state index in [1.54, 1.807) is 0 Å². The summed E-state index contributed by atoms with van der Waals surface area (Å²) in [5, 5.41) is 10.9. The van der Waals surface area contributed by atoms with E-state index in [1.165, 1.54) is 33.5 Å². The Morgan fingerprint density at radius 1 is 0.645 bits per heavy atom. The van der Waals surface area contributed by atoms with E-state index in [9.17, 15) is 5.11 Å². The highest BCUT2D eigenvalue weighted by atomic mass is 16.3. The van der Waals surface area contributed by atoms with Gasteiger partial charge in [-0.25, -0.2) is 0 Å². The number of aliphatic hydroxyl groups excluding tert-OH is 1. The number of anilines is 1. The second kappa shape index (κ2) is 8.41. The van der Waals surface area contributed by atoms with Crippen molar-refractivity contribution >= 4 is 5.69 Å². The number of hydrogen-bond acceptors (Lipinski definition) is 2. The third-order valence-corrected chi connectivity index (χ3v) is 6.54. The topological polar surface area (TPSA) is 23.5 Å². The highest BCUT2D eigenvalue weighted by molar-refractivity contribution is 5.80. The Kier molecular flexibility index (Phi) is 5.31. The lowest BCUT2D eigenvalue weighted by Gasteiger charge is -2.41. The molecule has 1 atom stereocenters. The van der Waals surface area contributed by atoms with Gasteiger partial charge in [0.05, 0.1) is 12.1 Å². The maximum Gasteiger partial charge on any atom is 0.0890 e. The maximum atomic E-state index is 10.9. The van der Waals surface area contributed by atoms with Crippen molar-refractivity contribution in [1.82, 2.24) is 0 Å². The molecular formula is C29H27NO. The second-order valence-electron chi connectivity index (χ2n) is 8.24. The van der Waals surface area contributed by atoms with Crippen LogP contribution in [-0.2, 0) is 5.54 Å². The van der Waals surface area contributed by atoms with Gasteiger partial charge in [0.15, 0.2) is 0 Å². The monoisotopic (exact) mass is 405 g/mol. The number of para-hydroxylation sites is 1. The molecule has 1 N–H and O–H groups in total. The van der Waals surface area contributed by atoms with Crippen LogP contribution in [0.1, 0.15) is 18.4 Å². The summed E-state index contributed by atoms with van der Waals surface area (Å²) in [6.45, 7) is 1.01. The van der Waals surface area contributed by atoms with E-state index in [-0.39, 0.29) is 6.61 Å². The van der Waals surface area contributed by atoms with Gasteiger partial charge in [-0.1, -0.05) is 103 Å². The molecular weight excluding hydrogens is 378 g/mol. The quantitative estimate of drug-likeness (QED) is 0.409. The van der Waals surface area contributed by atoms with Crippen molar-refractivity contribution in [1.29, 1.82) is 0 Å². The van der Waals surface area contributed by atoms with Crippen LogP contribution >= 0.6 is 0 Å². The molecule has 0 bridgehead atoms. The Labute approximate surface area is 184 Å². The highest BCUT2D eigenvalue weighted by Crippen LogP contribution is 2.47. The Hall–Kier alpha value is -3.36. The zero-order valence-electron chi connectivity index (χ0n) is 17.6. The average molecular weight is 406 g/mol. The molecule has 0 radical (unpaired) electrons. The molecule has 1 aliphatic rings. The van der Waals surface area contributed by atoms with Crippen LogP contribution in [0.3, 0.4) is 0 Å². The lowest BCUT2D eigenvalue weighted by molar-refractivity contribution is 0.198. The Bertz CT molecular complexity index is 1160. The smallest absolute Gasteiger partial charge is 0.0890 e. The molecule has 0 aliphatic carbocycles. The number of rotatable bonds is 5. The minimum atomic E-state index is -0.447.